The van der Waals surface area contributed by atoms with E-state index in [0.29, 0.717) is 17.1 Å². The lowest BCUT2D eigenvalue weighted by Gasteiger charge is -2.20. The Hall–Kier alpha value is -1.75. The molecular weight excluding hydrogens is 236 g/mol. The summed E-state index contributed by atoms with van der Waals surface area (Å²) in [5, 5.41) is 18.7. The Labute approximate surface area is 106 Å². The number of carbonyl (C=O) groups is 1. The van der Waals surface area contributed by atoms with Crippen LogP contribution in [0.15, 0.2) is 12.1 Å². The van der Waals surface area contributed by atoms with E-state index in [4.69, 9.17) is 14.6 Å². The molecule has 0 saturated carbocycles. The van der Waals surface area contributed by atoms with Crippen LogP contribution < -0.4 is 9.47 Å². The number of hydrogen-bond donors (Lipinski definition) is 2. The Bertz CT molecular complexity index is 451. The van der Waals surface area contributed by atoms with E-state index in [0.717, 1.165) is 5.56 Å². The smallest absolute Gasteiger partial charge is 0.335 e. The van der Waals surface area contributed by atoms with Gasteiger partial charge in [-0.15, -0.1) is 0 Å². The van der Waals surface area contributed by atoms with Crippen LogP contribution in [-0.4, -0.2) is 36.0 Å². The molecule has 0 aliphatic carbocycles. The maximum absolute atomic E-state index is 10.9. The summed E-state index contributed by atoms with van der Waals surface area (Å²) in [6.07, 6.45) is -0.0534. The van der Waals surface area contributed by atoms with E-state index in [-0.39, 0.29) is 6.42 Å². The summed E-state index contributed by atoms with van der Waals surface area (Å²) >= 11 is 0. The molecule has 1 rings (SSSR count). The minimum Gasteiger partial charge on any atom is -0.496 e. The molecule has 0 aliphatic rings. The second-order valence-electron chi connectivity index (χ2n) is 4.39. The lowest BCUT2D eigenvalue weighted by molar-refractivity contribution is -0.156. The van der Waals surface area contributed by atoms with Crippen molar-refractivity contribution in [1.82, 2.24) is 0 Å². The molecule has 0 amide bonds. The van der Waals surface area contributed by atoms with Crippen LogP contribution >= 0.6 is 0 Å². The van der Waals surface area contributed by atoms with Gasteiger partial charge in [0.05, 0.1) is 14.2 Å². The quantitative estimate of drug-likeness (QED) is 0.830. The fourth-order valence-electron chi connectivity index (χ4n) is 1.70. The average Bonchev–Trinajstić information content (AvgIpc) is 2.30. The first-order chi connectivity index (χ1) is 8.31. The number of aryl methyl sites for hydroxylation is 1. The number of carboxylic acids is 1. The van der Waals surface area contributed by atoms with Crippen LogP contribution in [0.4, 0.5) is 0 Å². The number of carboxylic acid groups (broad SMARTS) is 1. The minimum absolute atomic E-state index is 0.0534. The van der Waals surface area contributed by atoms with Crippen LogP contribution in [0.25, 0.3) is 0 Å². The number of benzene rings is 1. The van der Waals surface area contributed by atoms with Gasteiger partial charge in [-0.25, -0.2) is 4.79 Å². The average molecular weight is 254 g/mol. The number of ether oxygens (including phenoxy) is 2. The second-order valence-corrected chi connectivity index (χ2v) is 4.39. The summed E-state index contributed by atoms with van der Waals surface area (Å²) in [7, 11) is 3.04. The van der Waals surface area contributed by atoms with E-state index < -0.39 is 11.6 Å². The van der Waals surface area contributed by atoms with Crippen LogP contribution in [0.5, 0.6) is 11.5 Å². The summed E-state index contributed by atoms with van der Waals surface area (Å²) in [4.78, 5) is 10.9. The van der Waals surface area contributed by atoms with Gasteiger partial charge in [0.1, 0.15) is 11.5 Å². The molecule has 0 fully saturated rings. The number of aliphatic hydroxyl groups is 1. The van der Waals surface area contributed by atoms with Crippen LogP contribution in [0, 0.1) is 6.92 Å². The Morgan fingerprint density at radius 2 is 1.83 bits per heavy atom. The van der Waals surface area contributed by atoms with E-state index in [1.54, 1.807) is 12.1 Å². The molecule has 5 heteroatoms. The Morgan fingerprint density at radius 3 is 2.28 bits per heavy atom. The zero-order valence-electron chi connectivity index (χ0n) is 11.0. The van der Waals surface area contributed by atoms with Gasteiger partial charge in [0.15, 0.2) is 5.60 Å². The highest BCUT2D eigenvalue weighted by Crippen LogP contribution is 2.30. The number of hydrogen-bond acceptors (Lipinski definition) is 4. The molecule has 1 aromatic rings. The van der Waals surface area contributed by atoms with Gasteiger partial charge in [-0.1, -0.05) is 0 Å². The molecule has 2 N–H and O–H groups in total. The molecule has 0 heterocycles. The van der Waals surface area contributed by atoms with Gasteiger partial charge in [0, 0.05) is 12.0 Å². The summed E-state index contributed by atoms with van der Waals surface area (Å²) in [5.41, 5.74) is -0.367. The van der Waals surface area contributed by atoms with Crippen LogP contribution in [0.3, 0.4) is 0 Å². The molecule has 5 nitrogen and oxygen atoms in total. The van der Waals surface area contributed by atoms with E-state index in [1.807, 2.05) is 6.92 Å². The third-order valence-electron chi connectivity index (χ3n) is 2.79. The molecule has 0 radical (unpaired) electrons. The molecule has 1 aromatic carbocycles. The molecule has 0 aromatic heterocycles. The van der Waals surface area contributed by atoms with Crippen molar-refractivity contribution in [3.8, 4) is 11.5 Å². The molecule has 100 valence electrons. The largest absolute Gasteiger partial charge is 0.496 e. The molecular formula is C13H18O5. The number of rotatable bonds is 5. The van der Waals surface area contributed by atoms with E-state index >= 15 is 0 Å². The molecule has 18 heavy (non-hydrogen) atoms. The predicted molar refractivity (Wildman–Crippen MR) is 66.2 cm³/mol. The van der Waals surface area contributed by atoms with Crippen LogP contribution in [-0.2, 0) is 11.2 Å². The highest BCUT2D eigenvalue weighted by Gasteiger charge is 2.31. The second kappa shape index (κ2) is 5.27. The Balaban J connectivity index is 3.18. The van der Waals surface area contributed by atoms with Crippen LogP contribution in [0.1, 0.15) is 18.1 Å². The van der Waals surface area contributed by atoms with Gasteiger partial charge in [-0.05, 0) is 31.5 Å². The minimum atomic E-state index is -1.84. The third-order valence-corrected chi connectivity index (χ3v) is 2.79. The van der Waals surface area contributed by atoms with E-state index in [1.165, 1.54) is 21.1 Å². The highest BCUT2D eigenvalue weighted by molar-refractivity contribution is 5.77. The van der Waals surface area contributed by atoms with Gasteiger partial charge >= 0.3 is 5.97 Å². The maximum Gasteiger partial charge on any atom is 0.335 e. The van der Waals surface area contributed by atoms with Crippen molar-refractivity contribution >= 4 is 5.97 Å². The summed E-state index contributed by atoms with van der Waals surface area (Å²) in [5.74, 6) is -0.106. The lowest BCUT2D eigenvalue weighted by Crippen LogP contribution is -2.37. The highest BCUT2D eigenvalue weighted by atomic mass is 16.5. The zero-order valence-corrected chi connectivity index (χ0v) is 11.0. The molecule has 1 atom stereocenters. The molecule has 0 bridgehead atoms. The number of aliphatic carboxylic acids is 1. The Morgan fingerprint density at radius 1 is 1.28 bits per heavy atom. The Kier molecular flexibility index (Phi) is 4.19. The maximum atomic E-state index is 10.9. The van der Waals surface area contributed by atoms with Crippen molar-refractivity contribution in [3.05, 3.63) is 23.3 Å². The molecule has 0 spiro atoms. The summed E-state index contributed by atoms with van der Waals surface area (Å²) < 4.78 is 10.4. The molecule has 0 aliphatic heterocycles. The van der Waals surface area contributed by atoms with Crippen molar-refractivity contribution in [1.29, 1.82) is 0 Å². The van der Waals surface area contributed by atoms with Crippen molar-refractivity contribution in [2.75, 3.05) is 14.2 Å². The molecule has 0 saturated heterocycles. The van der Waals surface area contributed by atoms with Crippen molar-refractivity contribution < 1.29 is 24.5 Å². The van der Waals surface area contributed by atoms with Crippen molar-refractivity contribution in [2.24, 2.45) is 0 Å². The lowest BCUT2D eigenvalue weighted by atomic mass is 9.95. The zero-order chi connectivity index (χ0) is 13.9. The van der Waals surface area contributed by atoms with Crippen LogP contribution in [0.2, 0.25) is 0 Å². The first-order valence-electron chi connectivity index (χ1n) is 5.49. The monoisotopic (exact) mass is 254 g/mol. The normalized spacial score (nSPS) is 13.8. The first kappa shape index (κ1) is 14.3. The van der Waals surface area contributed by atoms with Crippen molar-refractivity contribution in [3.63, 3.8) is 0 Å². The predicted octanol–water partition coefficient (Wildman–Crippen LogP) is 1.39. The summed E-state index contributed by atoms with van der Waals surface area (Å²) in [6.45, 7) is 3.11. The van der Waals surface area contributed by atoms with E-state index in [2.05, 4.69) is 0 Å². The molecule has 1 unspecified atom stereocenters. The van der Waals surface area contributed by atoms with Gasteiger partial charge in [-0.2, -0.15) is 0 Å². The van der Waals surface area contributed by atoms with Crippen molar-refractivity contribution in [2.45, 2.75) is 25.9 Å². The third kappa shape index (κ3) is 2.92. The standard InChI is InChI=1S/C13H18O5/c1-8-5-11(18-4)9(6-10(8)17-3)7-13(2,16)12(14)15/h5-6,16H,7H2,1-4H3,(H,14,15). The number of methoxy groups -OCH3 is 2. The first-order valence-corrected chi connectivity index (χ1v) is 5.49. The van der Waals surface area contributed by atoms with Gasteiger partial charge in [0.2, 0.25) is 0 Å². The fourth-order valence-corrected chi connectivity index (χ4v) is 1.70. The van der Waals surface area contributed by atoms with Gasteiger partial charge < -0.3 is 19.7 Å². The van der Waals surface area contributed by atoms with E-state index in [9.17, 15) is 9.90 Å². The fraction of sp³-hybridized carbons (Fsp3) is 0.462. The summed E-state index contributed by atoms with van der Waals surface area (Å²) in [6, 6.07) is 3.44. The topological polar surface area (TPSA) is 76.0 Å². The van der Waals surface area contributed by atoms with Gasteiger partial charge in [-0.3, -0.25) is 0 Å². The van der Waals surface area contributed by atoms with Gasteiger partial charge in [0.25, 0.3) is 0 Å². The SMILES string of the molecule is COc1cc(CC(C)(O)C(=O)O)c(OC)cc1C.